The zero-order valence-electron chi connectivity index (χ0n) is 16.2. The molecule has 0 atom stereocenters. The van der Waals surface area contributed by atoms with Crippen LogP contribution in [0.2, 0.25) is 5.02 Å². The summed E-state index contributed by atoms with van der Waals surface area (Å²) in [6, 6.07) is 16.8. The highest BCUT2D eigenvalue weighted by Crippen LogP contribution is 2.30. The Balaban J connectivity index is 1.87. The lowest BCUT2D eigenvalue weighted by atomic mass is 10.2. The SMILES string of the molecule is COc1ccccc1NS(=O)(=O)c1ccc(NN=Cc2ccccc2Cl)c([N+](=O)[O-])c1. The molecule has 0 unspecified atom stereocenters. The molecule has 0 bridgehead atoms. The quantitative estimate of drug-likeness (QED) is 0.290. The summed E-state index contributed by atoms with van der Waals surface area (Å²) in [5, 5.41) is 15.9. The maximum Gasteiger partial charge on any atom is 0.295 e. The fourth-order valence-electron chi connectivity index (χ4n) is 2.61. The number of benzene rings is 3. The second-order valence-electron chi connectivity index (χ2n) is 6.13. The van der Waals surface area contributed by atoms with Crippen molar-refractivity contribution in [1.82, 2.24) is 0 Å². The molecule has 0 aliphatic heterocycles. The molecule has 0 aromatic heterocycles. The normalized spacial score (nSPS) is 11.3. The van der Waals surface area contributed by atoms with Gasteiger partial charge in [-0.1, -0.05) is 41.9 Å². The molecule has 3 aromatic rings. The molecule has 3 aromatic carbocycles. The number of nitro benzene ring substituents is 1. The zero-order valence-corrected chi connectivity index (χ0v) is 17.7. The van der Waals surface area contributed by atoms with Crippen LogP contribution in [0.15, 0.2) is 76.7 Å². The van der Waals surface area contributed by atoms with Crippen molar-refractivity contribution in [3.8, 4) is 5.75 Å². The topological polar surface area (TPSA) is 123 Å². The third-order valence-corrected chi connectivity index (χ3v) is 5.83. The predicted molar refractivity (Wildman–Crippen MR) is 120 cm³/mol. The van der Waals surface area contributed by atoms with Gasteiger partial charge in [0.2, 0.25) is 0 Å². The number of ether oxygens (including phenoxy) is 1. The first-order chi connectivity index (χ1) is 14.8. The second-order valence-corrected chi connectivity index (χ2v) is 8.22. The number of sulfonamides is 1. The minimum absolute atomic E-state index is 0.0181. The Morgan fingerprint density at radius 2 is 1.77 bits per heavy atom. The Hall–Kier alpha value is -3.63. The van der Waals surface area contributed by atoms with Crippen LogP contribution in [0.4, 0.5) is 17.1 Å². The van der Waals surface area contributed by atoms with Crippen LogP contribution in [0.3, 0.4) is 0 Å². The molecule has 31 heavy (non-hydrogen) atoms. The number of halogens is 1. The van der Waals surface area contributed by atoms with Gasteiger partial charge in [0.25, 0.3) is 15.7 Å². The molecule has 0 fully saturated rings. The molecule has 3 rings (SSSR count). The van der Waals surface area contributed by atoms with Crippen LogP contribution < -0.4 is 14.9 Å². The molecule has 11 heteroatoms. The number of nitro groups is 1. The fourth-order valence-corrected chi connectivity index (χ4v) is 3.88. The van der Waals surface area contributed by atoms with Gasteiger partial charge in [0.1, 0.15) is 11.4 Å². The summed E-state index contributed by atoms with van der Waals surface area (Å²) in [7, 11) is -2.70. The van der Waals surface area contributed by atoms with E-state index in [9.17, 15) is 18.5 Å². The molecular weight excluding hydrogens is 444 g/mol. The summed E-state index contributed by atoms with van der Waals surface area (Å²) in [6.45, 7) is 0. The highest BCUT2D eigenvalue weighted by molar-refractivity contribution is 7.92. The first-order valence-corrected chi connectivity index (χ1v) is 10.7. The number of anilines is 2. The van der Waals surface area contributed by atoms with Crippen molar-refractivity contribution in [1.29, 1.82) is 0 Å². The van der Waals surface area contributed by atoms with Gasteiger partial charge in [0.15, 0.2) is 0 Å². The largest absolute Gasteiger partial charge is 0.495 e. The molecule has 2 N–H and O–H groups in total. The van der Waals surface area contributed by atoms with Gasteiger partial charge in [0.05, 0.1) is 28.8 Å². The minimum Gasteiger partial charge on any atom is -0.495 e. The zero-order chi connectivity index (χ0) is 22.4. The van der Waals surface area contributed by atoms with Gasteiger partial charge in [-0.05, 0) is 30.3 Å². The standard InChI is InChI=1S/C20H17ClN4O5S/c1-30-20-9-5-4-8-18(20)24-31(28,29)15-10-11-17(19(12-15)25(26)27)23-22-13-14-6-2-3-7-16(14)21/h2-13,23-24H,1H3. The van der Waals surface area contributed by atoms with Crippen molar-refractivity contribution >= 4 is 44.9 Å². The molecule has 0 saturated heterocycles. The summed E-state index contributed by atoms with van der Waals surface area (Å²) in [6.07, 6.45) is 1.40. The van der Waals surface area contributed by atoms with E-state index < -0.39 is 20.6 Å². The third-order valence-electron chi connectivity index (χ3n) is 4.12. The summed E-state index contributed by atoms with van der Waals surface area (Å²) < 4.78 is 33.0. The van der Waals surface area contributed by atoms with E-state index in [2.05, 4.69) is 15.2 Å². The van der Waals surface area contributed by atoms with Gasteiger partial charge in [-0.25, -0.2) is 8.42 Å². The molecule has 9 nitrogen and oxygen atoms in total. The first-order valence-electron chi connectivity index (χ1n) is 8.79. The van der Waals surface area contributed by atoms with E-state index in [4.69, 9.17) is 16.3 Å². The van der Waals surface area contributed by atoms with E-state index in [1.807, 2.05) is 0 Å². The predicted octanol–water partition coefficient (Wildman–Crippen LogP) is 4.50. The van der Waals surface area contributed by atoms with E-state index in [1.165, 1.54) is 31.5 Å². The van der Waals surface area contributed by atoms with Gasteiger partial charge < -0.3 is 4.74 Å². The molecular formula is C20H17ClN4O5S. The Labute approximate surface area is 183 Å². The average Bonchev–Trinajstić information content (AvgIpc) is 2.75. The number of methoxy groups -OCH3 is 1. The molecule has 0 amide bonds. The summed E-state index contributed by atoms with van der Waals surface area (Å²) in [5.41, 5.74) is 2.93. The van der Waals surface area contributed by atoms with E-state index in [0.717, 1.165) is 6.07 Å². The highest BCUT2D eigenvalue weighted by Gasteiger charge is 2.22. The first kappa shape index (κ1) is 22.1. The van der Waals surface area contributed by atoms with E-state index in [-0.39, 0.29) is 16.3 Å². The number of hydrogen-bond donors (Lipinski definition) is 2. The molecule has 0 radical (unpaired) electrons. The molecule has 0 spiro atoms. The van der Waals surface area contributed by atoms with Crippen LogP contribution in [-0.2, 0) is 10.0 Å². The van der Waals surface area contributed by atoms with Gasteiger partial charge >= 0.3 is 0 Å². The number of hydrazone groups is 1. The number of rotatable bonds is 8. The Kier molecular flexibility index (Phi) is 6.73. The lowest BCUT2D eigenvalue weighted by molar-refractivity contribution is -0.384. The lowest BCUT2D eigenvalue weighted by Crippen LogP contribution is -2.14. The average molecular weight is 461 g/mol. The molecule has 0 heterocycles. The van der Waals surface area contributed by atoms with Gasteiger partial charge in [-0.2, -0.15) is 5.10 Å². The lowest BCUT2D eigenvalue weighted by Gasteiger charge is -2.12. The van der Waals surface area contributed by atoms with Crippen LogP contribution in [0, 0.1) is 10.1 Å². The molecule has 0 saturated carbocycles. The number of nitrogens with one attached hydrogen (secondary N) is 2. The molecule has 0 aliphatic rings. The Bertz CT molecular complexity index is 1250. The van der Waals surface area contributed by atoms with Gasteiger partial charge in [-0.3, -0.25) is 20.3 Å². The van der Waals surface area contributed by atoms with Crippen LogP contribution in [-0.4, -0.2) is 26.7 Å². The highest BCUT2D eigenvalue weighted by atomic mass is 35.5. The van der Waals surface area contributed by atoms with Crippen molar-refractivity contribution in [2.75, 3.05) is 17.3 Å². The Morgan fingerprint density at radius 1 is 1.06 bits per heavy atom. The van der Waals surface area contributed by atoms with Crippen LogP contribution in [0.5, 0.6) is 5.75 Å². The van der Waals surface area contributed by atoms with E-state index in [0.29, 0.717) is 16.3 Å². The Morgan fingerprint density at radius 3 is 2.48 bits per heavy atom. The smallest absolute Gasteiger partial charge is 0.295 e. The van der Waals surface area contributed by atoms with Crippen molar-refractivity contribution in [3.05, 3.63) is 87.4 Å². The molecule has 160 valence electrons. The monoisotopic (exact) mass is 460 g/mol. The summed E-state index contributed by atoms with van der Waals surface area (Å²) in [5.74, 6) is 0.313. The molecule has 0 aliphatic carbocycles. The fraction of sp³-hybridized carbons (Fsp3) is 0.0500. The summed E-state index contributed by atoms with van der Waals surface area (Å²) >= 11 is 6.04. The number of nitrogens with zero attached hydrogens (tertiary/aromatic N) is 2. The number of hydrogen-bond acceptors (Lipinski definition) is 7. The van der Waals surface area contributed by atoms with Gasteiger partial charge in [-0.15, -0.1) is 0 Å². The maximum atomic E-state index is 12.7. The minimum atomic E-state index is -4.11. The van der Waals surface area contributed by atoms with E-state index in [1.54, 1.807) is 42.5 Å². The van der Waals surface area contributed by atoms with Crippen molar-refractivity contribution in [3.63, 3.8) is 0 Å². The van der Waals surface area contributed by atoms with Crippen molar-refractivity contribution < 1.29 is 18.1 Å². The van der Waals surface area contributed by atoms with Gasteiger partial charge in [0, 0.05) is 16.7 Å². The van der Waals surface area contributed by atoms with Crippen molar-refractivity contribution in [2.24, 2.45) is 5.10 Å². The van der Waals surface area contributed by atoms with Crippen LogP contribution in [0.1, 0.15) is 5.56 Å². The van der Waals surface area contributed by atoms with Crippen molar-refractivity contribution in [2.45, 2.75) is 4.90 Å². The summed E-state index contributed by atoms with van der Waals surface area (Å²) in [4.78, 5) is 10.5. The maximum absolute atomic E-state index is 12.7. The number of para-hydroxylation sites is 2. The van der Waals surface area contributed by atoms with Crippen LogP contribution >= 0.6 is 11.6 Å². The second kappa shape index (κ2) is 9.45. The van der Waals surface area contributed by atoms with Crippen LogP contribution in [0.25, 0.3) is 0 Å². The van der Waals surface area contributed by atoms with E-state index >= 15 is 0 Å². The third kappa shape index (κ3) is 5.30.